The highest BCUT2D eigenvalue weighted by Gasteiger charge is 2.30. The summed E-state index contributed by atoms with van der Waals surface area (Å²) in [5.41, 5.74) is 0.987. The molecule has 1 heterocycles. The smallest absolute Gasteiger partial charge is 0.286 e. The van der Waals surface area contributed by atoms with E-state index in [0.717, 1.165) is 9.87 Å². The number of methoxy groups -OCH3 is 1. The highest BCUT2D eigenvalue weighted by atomic mass is 32.2. The molecule has 0 radical (unpaired) electrons. The number of hydrogen-bond acceptors (Lipinski definition) is 7. The van der Waals surface area contributed by atoms with Crippen molar-refractivity contribution in [3.05, 3.63) is 72.0 Å². The van der Waals surface area contributed by atoms with E-state index in [1.54, 1.807) is 18.2 Å². The highest BCUT2D eigenvalue weighted by molar-refractivity contribution is 7.89. The molecule has 1 aliphatic rings. The second-order valence-corrected chi connectivity index (χ2v) is 9.83. The van der Waals surface area contributed by atoms with Crippen molar-refractivity contribution in [3.63, 3.8) is 0 Å². The first-order valence-corrected chi connectivity index (χ1v) is 12.8. The minimum absolute atomic E-state index is 0.0131. The molecule has 0 saturated heterocycles. The van der Waals surface area contributed by atoms with Crippen molar-refractivity contribution in [2.75, 3.05) is 40.0 Å². The molecule has 0 aliphatic carbocycles. The highest BCUT2D eigenvalue weighted by Crippen LogP contribution is 2.31. The van der Waals surface area contributed by atoms with Crippen LogP contribution in [0.3, 0.4) is 0 Å². The van der Waals surface area contributed by atoms with Gasteiger partial charge in [0.2, 0.25) is 16.3 Å². The average molecular weight is 515 g/mol. The van der Waals surface area contributed by atoms with Gasteiger partial charge in [0.25, 0.3) is 5.91 Å². The van der Waals surface area contributed by atoms with Crippen LogP contribution < -0.4 is 10.1 Å². The maximum absolute atomic E-state index is 13.1. The standard InChI is InChI=1S/C26H30N2O7S/c1-3-13-27-26(30)24-18-21(20-7-5-4-6-8-20)19-25(35-24)34-17-15-28(14-16-29)36(31,32)23-11-9-22(33-2)10-12-23/h1,4-12,18,21,25,29H,13-17,19H2,2H3,(H,27,30)/t21-,25+/m0/s1. The molecule has 10 heteroatoms. The van der Waals surface area contributed by atoms with Gasteiger partial charge in [-0.15, -0.1) is 6.42 Å². The Kier molecular flexibility index (Phi) is 9.90. The maximum Gasteiger partial charge on any atom is 0.286 e. The van der Waals surface area contributed by atoms with Crippen LogP contribution in [0.5, 0.6) is 5.75 Å². The van der Waals surface area contributed by atoms with E-state index in [0.29, 0.717) is 12.2 Å². The van der Waals surface area contributed by atoms with E-state index in [2.05, 4.69) is 11.2 Å². The van der Waals surface area contributed by atoms with Crippen LogP contribution in [0.25, 0.3) is 0 Å². The number of allylic oxidation sites excluding steroid dienone is 1. The number of carbonyl (C=O) groups is 1. The Morgan fingerprint density at radius 3 is 2.56 bits per heavy atom. The number of aliphatic hydroxyl groups excluding tert-OH is 1. The van der Waals surface area contributed by atoms with E-state index in [4.69, 9.17) is 20.6 Å². The third-order valence-electron chi connectivity index (χ3n) is 5.55. The van der Waals surface area contributed by atoms with Crippen molar-refractivity contribution in [1.29, 1.82) is 0 Å². The summed E-state index contributed by atoms with van der Waals surface area (Å²) in [7, 11) is -2.38. The largest absolute Gasteiger partial charge is 0.497 e. The first-order chi connectivity index (χ1) is 17.4. The predicted molar refractivity (Wildman–Crippen MR) is 133 cm³/mol. The van der Waals surface area contributed by atoms with Crippen LogP contribution in [0.15, 0.2) is 71.3 Å². The van der Waals surface area contributed by atoms with Crippen LogP contribution in [-0.2, 0) is 24.3 Å². The van der Waals surface area contributed by atoms with Crippen molar-refractivity contribution >= 4 is 15.9 Å². The van der Waals surface area contributed by atoms with Gasteiger partial charge in [0.05, 0.1) is 31.8 Å². The molecular formula is C26H30N2O7S. The van der Waals surface area contributed by atoms with E-state index in [9.17, 15) is 18.3 Å². The summed E-state index contributed by atoms with van der Waals surface area (Å²) in [4.78, 5) is 12.6. The molecule has 2 atom stereocenters. The lowest BCUT2D eigenvalue weighted by molar-refractivity contribution is -0.146. The molecule has 3 rings (SSSR count). The molecule has 0 bridgehead atoms. The zero-order valence-electron chi connectivity index (χ0n) is 20.0. The van der Waals surface area contributed by atoms with Gasteiger partial charge in [-0.25, -0.2) is 8.42 Å². The number of aliphatic hydroxyl groups is 1. The molecule has 2 aromatic carbocycles. The Bertz CT molecular complexity index is 1180. The molecule has 2 N–H and O–H groups in total. The van der Waals surface area contributed by atoms with E-state index >= 15 is 0 Å². The zero-order valence-corrected chi connectivity index (χ0v) is 20.8. The molecule has 0 aromatic heterocycles. The second kappa shape index (κ2) is 13.1. The van der Waals surface area contributed by atoms with Crippen molar-refractivity contribution in [1.82, 2.24) is 9.62 Å². The van der Waals surface area contributed by atoms with Crippen LogP contribution in [0, 0.1) is 12.3 Å². The fourth-order valence-electron chi connectivity index (χ4n) is 3.72. The summed E-state index contributed by atoms with van der Waals surface area (Å²) in [5, 5.41) is 12.0. The van der Waals surface area contributed by atoms with Gasteiger partial charge in [0, 0.05) is 25.4 Å². The molecule has 1 amide bonds. The minimum atomic E-state index is -3.88. The number of hydrogen-bond donors (Lipinski definition) is 2. The summed E-state index contributed by atoms with van der Waals surface area (Å²) < 4.78 is 44.0. The third-order valence-corrected chi connectivity index (χ3v) is 7.46. The Labute approximate surface area is 211 Å². The van der Waals surface area contributed by atoms with E-state index in [1.165, 1.54) is 19.2 Å². The van der Waals surface area contributed by atoms with Gasteiger partial charge in [-0.05, 0) is 35.9 Å². The molecule has 9 nitrogen and oxygen atoms in total. The molecule has 2 aromatic rings. The summed E-state index contributed by atoms with van der Waals surface area (Å²) >= 11 is 0. The van der Waals surface area contributed by atoms with Crippen molar-refractivity contribution < 1.29 is 32.5 Å². The Morgan fingerprint density at radius 1 is 1.19 bits per heavy atom. The van der Waals surface area contributed by atoms with E-state index < -0.39 is 22.2 Å². The normalized spacial score (nSPS) is 17.6. The van der Waals surface area contributed by atoms with Gasteiger partial charge in [-0.2, -0.15) is 4.31 Å². The number of benzene rings is 2. The molecule has 0 fully saturated rings. The number of sulfonamides is 1. The van der Waals surface area contributed by atoms with Crippen molar-refractivity contribution in [2.24, 2.45) is 0 Å². The summed E-state index contributed by atoms with van der Waals surface area (Å²) in [5.74, 6) is 2.37. The molecule has 36 heavy (non-hydrogen) atoms. The van der Waals surface area contributed by atoms with Gasteiger partial charge >= 0.3 is 0 Å². The first kappa shape index (κ1) is 27.2. The lowest BCUT2D eigenvalue weighted by Gasteiger charge is -2.30. The summed E-state index contributed by atoms with van der Waals surface area (Å²) in [6, 6.07) is 15.6. The zero-order chi connectivity index (χ0) is 26.0. The molecule has 0 unspecified atom stereocenters. The monoisotopic (exact) mass is 514 g/mol. The number of nitrogens with zero attached hydrogens (tertiary/aromatic N) is 1. The number of terminal acetylenes is 1. The molecular weight excluding hydrogens is 484 g/mol. The van der Waals surface area contributed by atoms with E-state index in [-0.39, 0.29) is 49.4 Å². The number of ether oxygens (including phenoxy) is 3. The minimum Gasteiger partial charge on any atom is -0.497 e. The predicted octanol–water partition coefficient (Wildman–Crippen LogP) is 1.86. The number of rotatable bonds is 12. The van der Waals surface area contributed by atoms with Gasteiger partial charge in [-0.1, -0.05) is 36.3 Å². The first-order valence-electron chi connectivity index (χ1n) is 11.4. The van der Waals surface area contributed by atoms with Crippen LogP contribution >= 0.6 is 0 Å². The number of amides is 1. The quantitative estimate of drug-likeness (QED) is 0.416. The molecule has 1 aliphatic heterocycles. The summed E-state index contributed by atoms with van der Waals surface area (Å²) in [6.45, 7) is -0.433. The number of carbonyl (C=O) groups excluding carboxylic acids is 1. The fraction of sp³-hybridized carbons (Fsp3) is 0.346. The van der Waals surface area contributed by atoms with Crippen LogP contribution in [0.2, 0.25) is 0 Å². The lowest BCUT2D eigenvalue weighted by atomic mass is 9.93. The van der Waals surface area contributed by atoms with Gasteiger partial charge in [0.1, 0.15) is 5.75 Å². The van der Waals surface area contributed by atoms with Crippen molar-refractivity contribution in [3.8, 4) is 18.1 Å². The molecule has 192 valence electrons. The Morgan fingerprint density at radius 2 is 1.92 bits per heavy atom. The average Bonchev–Trinajstić information content (AvgIpc) is 2.91. The Balaban J connectivity index is 1.69. The lowest BCUT2D eigenvalue weighted by Crippen LogP contribution is -2.38. The van der Waals surface area contributed by atoms with Crippen LogP contribution in [-0.4, -0.2) is 70.0 Å². The maximum atomic E-state index is 13.1. The van der Waals surface area contributed by atoms with Gasteiger partial charge < -0.3 is 24.6 Å². The summed E-state index contributed by atoms with van der Waals surface area (Å²) in [6.07, 6.45) is 6.61. The third kappa shape index (κ3) is 7.08. The molecule has 0 spiro atoms. The van der Waals surface area contributed by atoms with Crippen LogP contribution in [0.4, 0.5) is 0 Å². The topological polar surface area (TPSA) is 114 Å². The molecule has 0 saturated carbocycles. The van der Waals surface area contributed by atoms with E-state index in [1.807, 2.05) is 30.3 Å². The fourth-order valence-corrected chi connectivity index (χ4v) is 5.13. The number of nitrogens with one attached hydrogen (secondary N) is 1. The van der Waals surface area contributed by atoms with Crippen LogP contribution in [0.1, 0.15) is 17.9 Å². The van der Waals surface area contributed by atoms with Gasteiger partial charge in [-0.3, -0.25) is 4.79 Å². The SMILES string of the molecule is C#CCNC(=O)C1=C[C@H](c2ccccc2)C[C@H](OCCN(CCO)S(=O)(=O)c2ccc(OC)cc2)O1. The van der Waals surface area contributed by atoms with Crippen molar-refractivity contribution in [2.45, 2.75) is 23.5 Å². The Hall–Kier alpha value is -3.36. The second-order valence-electron chi connectivity index (χ2n) is 7.89. The van der Waals surface area contributed by atoms with Gasteiger partial charge in [0.15, 0.2) is 5.76 Å².